The van der Waals surface area contributed by atoms with E-state index in [0.717, 1.165) is 84.5 Å². The van der Waals surface area contributed by atoms with Crippen molar-refractivity contribution in [3.8, 4) is 23.1 Å². The van der Waals surface area contributed by atoms with E-state index in [1.165, 1.54) is 16.1 Å². The Kier molecular flexibility index (Phi) is 11.2. The van der Waals surface area contributed by atoms with Gasteiger partial charge in [0, 0.05) is 91.2 Å². The lowest BCUT2D eigenvalue weighted by Crippen LogP contribution is -2.44. The van der Waals surface area contributed by atoms with Crippen LogP contribution in [-0.4, -0.2) is 72.5 Å². The van der Waals surface area contributed by atoms with E-state index in [4.69, 9.17) is 33.0 Å². The first-order valence-corrected chi connectivity index (χ1v) is 19.0. The minimum Gasteiger partial charge on any atom is -0.379 e. The van der Waals surface area contributed by atoms with Gasteiger partial charge in [-0.2, -0.15) is 9.40 Å². The second-order valence-corrected chi connectivity index (χ2v) is 15.4. The van der Waals surface area contributed by atoms with Gasteiger partial charge >= 0.3 is 0 Å². The molecule has 1 fully saturated rings. The molecule has 3 aromatic carbocycles. The van der Waals surface area contributed by atoms with Crippen molar-refractivity contribution in [2.75, 3.05) is 39.1 Å². The van der Waals surface area contributed by atoms with Crippen LogP contribution >= 0.6 is 23.2 Å². The van der Waals surface area contributed by atoms with Crippen molar-refractivity contribution < 1.29 is 13.2 Å². The number of hydrogen-bond donors (Lipinski definition) is 1. The van der Waals surface area contributed by atoms with Crippen LogP contribution in [0.2, 0.25) is 10.0 Å². The molecule has 1 N–H and O–H groups in total. The summed E-state index contributed by atoms with van der Waals surface area (Å²) in [7, 11) is -3.35. The zero-order chi connectivity index (χ0) is 33.7. The number of ether oxygens (including phenoxy) is 1. The molecule has 2 aliphatic heterocycles. The van der Waals surface area contributed by atoms with Crippen LogP contribution < -0.4 is 5.32 Å². The highest BCUT2D eigenvalue weighted by atomic mass is 35.5. The zero-order valence-corrected chi connectivity index (χ0v) is 29.7. The molecule has 1 aromatic heterocycles. The Hall–Kier alpha value is -3.20. The summed E-state index contributed by atoms with van der Waals surface area (Å²) < 4.78 is 34.3. The fraction of sp³-hybridized carbons (Fsp3) is 0.378. The molecule has 0 aliphatic carbocycles. The van der Waals surface area contributed by atoms with Gasteiger partial charge < -0.3 is 10.1 Å². The van der Waals surface area contributed by atoms with Crippen LogP contribution in [0.25, 0.3) is 11.3 Å². The topological polar surface area (TPSA) is 79.7 Å². The van der Waals surface area contributed by atoms with Gasteiger partial charge in [-0.1, -0.05) is 65.4 Å². The van der Waals surface area contributed by atoms with Crippen LogP contribution in [-0.2, 0) is 47.4 Å². The quantitative estimate of drug-likeness (QED) is 0.205. The largest absolute Gasteiger partial charge is 0.379 e. The van der Waals surface area contributed by atoms with E-state index in [2.05, 4.69) is 45.8 Å². The minimum absolute atomic E-state index is 0.298. The molecule has 0 bridgehead atoms. The van der Waals surface area contributed by atoms with Crippen LogP contribution in [0, 0.1) is 11.8 Å². The number of aromatic nitrogens is 2. The molecule has 0 amide bonds. The molecule has 252 valence electrons. The molecule has 0 spiro atoms. The van der Waals surface area contributed by atoms with Crippen LogP contribution in [0.15, 0.2) is 66.7 Å². The zero-order valence-electron chi connectivity index (χ0n) is 27.4. The normalized spacial score (nSPS) is 17.1. The molecular weight excluding hydrogens is 665 g/mol. The van der Waals surface area contributed by atoms with E-state index >= 15 is 0 Å². The summed E-state index contributed by atoms with van der Waals surface area (Å²) in [5.41, 5.74) is 7.59. The molecular formula is C37H41Cl2N5O3S. The predicted molar refractivity (Wildman–Crippen MR) is 193 cm³/mol. The van der Waals surface area contributed by atoms with Crippen LogP contribution in [0.5, 0.6) is 0 Å². The van der Waals surface area contributed by atoms with Gasteiger partial charge in [0.05, 0.1) is 30.2 Å². The number of aryl methyl sites for hydroxylation is 1. The van der Waals surface area contributed by atoms with E-state index in [0.29, 0.717) is 42.7 Å². The molecule has 0 unspecified atom stereocenters. The highest BCUT2D eigenvalue weighted by Gasteiger charge is 2.30. The van der Waals surface area contributed by atoms with Gasteiger partial charge in [0.1, 0.15) is 0 Å². The first-order valence-electron chi connectivity index (χ1n) is 16.4. The summed E-state index contributed by atoms with van der Waals surface area (Å²) in [6.45, 7) is 8.58. The maximum atomic E-state index is 12.5. The molecule has 2 aliphatic rings. The van der Waals surface area contributed by atoms with Gasteiger partial charge in [-0.05, 0) is 60.9 Å². The lowest BCUT2D eigenvalue weighted by molar-refractivity contribution is -0.00122. The van der Waals surface area contributed by atoms with Crippen LogP contribution in [0.4, 0.5) is 0 Å². The van der Waals surface area contributed by atoms with E-state index in [1.807, 2.05) is 54.6 Å². The minimum atomic E-state index is -3.35. The maximum absolute atomic E-state index is 12.5. The molecule has 8 nitrogen and oxygen atoms in total. The molecule has 4 aromatic rings. The van der Waals surface area contributed by atoms with Crippen molar-refractivity contribution in [2.24, 2.45) is 0 Å². The summed E-state index contributed by atoms with van der Waals surface area (Å²) in [6.07, 6.45) is 2.83. The summed E-state index contributed by atoms with van der Waals surface area (Å²) >= 11 is 12.7. The highest BCUT2D eigenvalue weighted by Crippen LogP contribution is 2.33. The number of nitrogens with one attached hydrogen (secondary N) is 1. The Morgan fingerprint density at radius 3 is 2.58 bits per heavy atom. The molecule has 11 heteroatoms. The second-order valence-electron chi connectivity index (χ2n) is 12.5. The van der Waals surface area contributed by atoms with Gasteiger partial charge in [0.25, 0.3) is 0 Å². The first-order chi connectivity index (χ1) is 23.1. The van der Waals surface area contributed by atoms with Gasteiger partial charge in [0.2, 0.25) is 10.0 Å². The van der Waals surface area contributed by atoms with Gasteiger partial charge in [-0.3, -0.25) is 9.58 Å². The van der Waals surface area contributed by atoms with Crippen molar-refractivity contribution in [2.45, 2.75) is 52.0 Å². The third-order valence-electron chi connectivity index (χ3n) is 8.97. The third-order valence-corrected chi connectivity index (χ3v) is 10.8. The number of halogens is 2. The lowest BCUT2D eigenvalue weighted by atomic mass is 10.0. The van der Waals surface area contributed by atoms with Crippen molar-refractivity contribution in [3.63, 3.8) is 0 Å². The monoisotopic (exact) mass is 705 g/mol. The lowest BCUT2D eigenvalue weighted by Gasteiger charge is -2.33. The number of morpholine rings is 1. The first kappa shape index (κ1) is 34.7. The molecule has 1 atom stereocenters. The molecule has 6 rings (SSSR count). The Morgan fingerprint density at radius 1 is 0.979 bits per heavy atom. The van der Waals surface area contributed by atoms with E-state index in [9.17, 15) is 8.42 Å². The van der Waals surface area contributed by atoms with E-state index < -0.39 is 10.0 Å². The summed E-state index contributed by atoms with van der Waals surface area (Å²) in [4.78, 5) is 2.46. The summed E-state index contributed by atoms with van der Waals surface area (Å²) in [5, 5.41) is 9.84. The number of rotatable bonds is 10. The van der Waals surface area contributed by atoms with Gasteiger partial charge in [-0.25, -0.2) is 8.42 Å². The van der Waals surface area contributed by atoms with Crippen molar-refractivity contribution in [1.29, 1.82) is 0 Å². The Labute approximate surface area is 294 Å². The number of benzene rings is 3. The average molecular weight is 707 g/mol. The van der Waals surface area contributed by atoms with Crippen molar-refractivity contribution in [1.82, 2.24) is 24.3 Å². The molecule has 48 heavy (non-hydrogen) atoms. The standard InChI is InChI=1S/C37H41Cl2N5O3S/c1-27-26-47-20-19-42(27)16-4-17-44-36-15-18-43(48(2,45)46)25-34(36)37(41-44)32-11-14-35(39)31(22-32)10-7-28-5-3-6-30(21-28)24-40-23-29-8-12-33(38)13-9-29/h3,5-6,8-9,11-14,21-22,27,40H,4,15-20,23-26H2,1-2H3/t27-/m0/s1. The number of hydrogen-bond acceptors (Lipinski definition) is 6. The van der Waals surface area contributed by atoms with Gasteiger partial charge in [0.15, 0.2) is 0 Å². The molecule has 3 heterocycles. The Bertz CT molecular complexity index is 1920. The summed E-state index contributed by atoms with van der Waals surface area (Å²) in [5.74, 6) is 6.57. The molecule has 0 saturated carbocycles. The Morgan fingerprint density at radius 2 is 1.79 bits per heavy atom. The maximum Gasteiger partial charge on any atom is 0.211 e. The second kappa shape index (κ2) is 15.6. The van der Waals surface area contributed by atoms with E-state index in [-0.39, 0.29) is 0 Å². The third kappa shape index (κ3) is 8.68. The van der Waals surface area contributed by atoms with Crippen LogP contribution in [0.3, 0.4) is 0 Å². The Balaban J connectivity index is 1.21. The highest BCUT2D eigenvalue weighted by molar-refractivity contribution is 7.88. The fourth-order valence-electron chi connectivity index (χ4n) is 6.30. The molecule has 1 saturated heterocycles. The van der Waals surface area contributed by atoms with Crippen LogP contribution in [0.1, 0.15) is 46.9 Å². The SMILES string of the molecule is C[C@H]1COCCN1CCCn1nc(-c2ccc(Cl)c(C#Cc3cccc(CNCc4ccc(Cl)cc4)c3)c2)c2c1CCN(S(C)(=O)=O)C2. The average Bonchev–Trinajstić information content (AvgIpc) is 3.44. The fourth-order valence-corrected chi connectivity index (χ4v) is 7.38. The number of nitrogens with zero attached hydrogens (tertiary/aromatic N) is 4. The molecule has 0 radical (unpaired) electrons. The van der Waals surface area contributed by atoms with Gasteiger partial charge in [-0.15, -0.1) is 0 Å². The van der Waals surface area contributed by atoms with E-state index in [1.54, 1.807) is 0 Å². The smallest absolute Gasteiger partial charge is 0.211 e. The van der Waals surface area contributed by atoms with Crippen molar-refractivity contribution in [3.05, 3.63) is 110 Å². The summed E-state index contributed by atoms with van der Waals surface area (Å²) in [6, 6.07) is 22.1. The predicted octanol–water partition coefficient (Wildman–Crippen LogP) is 5.98. The number of fused-ring (bicyclic) bond motifs is 1. The van der Waals surface area contributed by atoms with Crippen molar-refractivity contribution >= 4 is 33.2 Å². The number of sulfonamides is 1.